The van der Waals surface area contributed by atoms with Crippen LogP contribution in [0.3, 0.4) is 0 Å². The fraction of sp³-hybridized carbons (Fsp3) is 0.0345. The Balaban J connectivity index is 1.15. The number of nitrogens with zero attached hydrogens (tertiary/aromatic N) is 4. The average molecular weight is 812 g/mol. The van der Waals surface area contributed by atoms with Gasteiger partial charge in [0.2, 0.25) is 0 Å². The maximum Gasteiger partial charge on any atom is 0.133 e. The van der Waals surface area contributed by atoms with Crippen LogP contribution in [0.1, 0.15) is 29.3 Å². The Bertz CT molecular complexity index is 3130. The van der Waals surface area contributed by atoms with Crippen molar-refractivity contribution in [3.63, 3.8) is 0 Å². The van der Waals surface area contributed by atoms with Crippen LogP contribution in [-0.2, 0) is 0 Å². The molecule has 1 aliphatic rings. The lowest BCUT2D eigenvalue weighted by Crippen LogP contribution is -2.26. The summed E-state index contributed by atoms with van der Waals surface area (Å²) in [5, 5.41) is 4.55. The number of hydrogen-bond acceptors (Lipinski definition) is 4. The van der Waals surface area contributed by atoms with E-state index >= 15 is 0 Å². The quantitative estimate of drug-likeness (QED) is 0.142. The average Bonchev–Trinajstić information content (AvgIpc) is 3.68. The predicted molar refractivity (Wildman–Crippen MR) is 266 cm³/mol. The topological polar surface area (TPSA) is 45.5 Å². The normalized spacial score (nSPS) is 12.5. The number of fused-ring (bicyclic) bond motifs is 1. The number of rotatable bonds is 11. The van der Waals surface area contributed by atoms with Crippen molar-refractivity contribution in [3.05, 3.63) is 242 Å². The third kappa shape index (κ3) is 7.80. The van der Waals surface area contributed by atoms with Crippen molar-refractivity contribution >= 4 is 51.5 Å². The lowest BCUT2D eigenvalue weighted by molar-refractivity contribution is 1.01. The molecule has 3 heterocycles. The molecule has 9 aromatic rings. The monoisotopic (exact) mass is 811 g/mol. The molecule has 0 radical (unpaired) electrons. The minimum absolute atomic E-state index is 0.761. The summed E-state index contributed by atoms with van der Waals surface area (Å²) in [7, 11) is 0. The Labute approximate surface area is 369 Å². The summed E-state index contributed by atoms with van der Waals surface area (Å²) < 4.78 is 2.39. The summed E-state index contributed by atoms with van der Waals surface area (Å²) >= 11 is 0. The third-order valence-corrected chi connectivity index (χ3v) is 11.7. The van der Waals surface area contributed by atoms with E-state index in [2.05, 4.69) is 220 Å². The van der Waals surface area contributed by atoms with E-state index in [0.29, 0.717) is 0 Å². The molecule has 63 heavy (non-hydrogen) atoms. The highest BCUT2D eigenvalue weighted by Crippen LogP contribution is 2.43. The minimum Gasteiger partial charge on any atom is -0.366 e. The summed E-state index contributed by atoms with van der Waals surface area (Å²) in [6.07, 6.45) is 10.0. The number of aliphatic imine (C=N–C) groups is 1. The molecule has 2 aromatic heterocycles. The number of aromatic nitrogens is 2. The van der Waals surface area contributed by atoms with Gasteiger partial charge in [-0.15, -0.1) is 0 Å². The first-order valence-electron chi connectivity index (χ1n) is 21.3. The van der Waals surface area contributed by atoms with Crippen molar-refractivity contribution in [2.45, 2.75) is 6.92 Å². The van der Waals surface area contributed by atoms with Gasteiger partial charge in [-0.3, -0.25) is 4.98 Å². The van der Waals surface area contributed by atoms with Crippen molar-refractivity contribution in [2.24, 2.45) is 4.99 Å². The fourth-order valence-corrected chi connectivity index (χ4v) is 8.56. The highest BCUT2D eigenvalue weighted by Gasteiger charge is 2.22. The number of benzene rings is 7. The minimum atomic E-state index is 0.761. The van der Waals surface area contributed by atoms with Crippen LogP contribution in [0.5, 0.6) is 0 Å². The molecule has 0 unspecified atom stereocenters. The SMILES string of the molecule is C=Cc1c(/C=C(\C)c2ccccc2)c2cc(-c3ccccc3)cc(-c3ccccc3)c2n1-c1ccc(N(c2ccc(C3=NC=CCN3)cc2)c2ccc(-c3ccccn3)cc2)cc1. The van der Waals surface area contributed by atoms with Gasteiger partial charge in [-0.1, -0.05) is 116 Å². The van der Waals surface area contributed by atoms with Gasteiger partial charge in [-0.25, -0.2) is 4.99 Å². The first-order chi connectivity index (χ1) is 31.1. The molecule has 0 aliphatic carbocycles. The van der Waals surface area contributed by atoms with Gasteiger partial charge in [0.1, 0.15) is 5.84 Å². The van der Waals surface area contributed by atoms with Crippen LogP contribution in [-0.4, -0.2) is 21.9 Å². The van der Waals surface area contributed by atoms with Crippen molar-refractivity contribution in [1.29, 1.82) is 0 Å². The zero-order chi connectivity index (χ0) is 42.5. The number of nitrogens with one attached hydrogen (secondary N) is 1. The first kappa shape index (κ1) is 38.9. The zero-order valence-electron chi connectivity index (χ0n) is 35.1. The highest BCUT2D eigenvalue weighted by molar-refractivity contribution is 6.07. The van der Waals surface area contributed by atoms with Gasteiger partial charge in [0.25, 0.3) is 0 Å². The third-order valence-electron chi connectivity index (χ3n) is 11.7. The van der Waals surface area contributed by atoms with Gasteiger partial charge in [-0.05, 0) is 138 Å². The molecule has 0 fully saturated rings. The van der Waals surface area contributed by atoms with Crippen molar-refractivity contribution in [2.75, 3.05) is 11.4 Å². The van der Waals surface area contributed by atoms with Crippen LogP contribution < -0.4 is 10.2 Å². The van der Waals surface area contributed by atoms with Gasteiger partial charge in [0, 0.05) is 69.3 Å². The van der Waals surface area contributed by atoms with Gasteiger partial charge in [0.05, 0.1) is 16.9 Å². The number of hydrogen-bond donors (Lipinski definition) is 1. The van der Waals surface area contributed by atoms with E-state index < -0.39 is 0 Å². The first-order valence-corrected chi connectivity index (χ1v) is 21.3. The Morgan fingerprint density at radius 3 is 1.83 bits per heavy atom. The molecule has 5 heteroatoms. The van der Waals surface area contributed by atoms with E-state index in [1.807, 2.05) is 42.7 Å². The second-order valence-corrected chi connectivity index (χ2v) is 15.6. The van der Waals surface area contributed by atoms with E-state index in [9.17, 15) is 0 Å². The van der Waals surface area contributed by atoms with Crippen molar-refractivity contribution < 1.29 is 0 Å². The van der Waals surface area contributed by atoms with E-state index in [4.69, 9.17) is 0 Å². The molecule has 0 spiro atoms. The van der Waals surface area contributed by atoms with Crippen LogP contribution >= 0.6 is 0 Å². The molecule has 302 valence electrons. The Morgan fingerprint density at radius 2 is 1.22 bits per heavy atom. The lowest BCUT2D eigenvalue weighted by atomic mass is 9.94. The van der Waals surface area contributed by atoms with Crippen LogP contribution in [0.15, 0.2) is 224 Å². The number of allylic oxidation sites excluding steroid dienone is 1. The standard InChI is InChI=1S/C58H45N5/c1-3-56-53(38-41(2)42-16-7-4-8-17-42)54-40-47(43-18-9-5-10-19-43)39-52(44-20-11-6-12-21-44)57(54)63(56)51-33-31-50(32-34-51)62(48-27-23-45(24-28-48)55-22-13-14-35-59-55)49-29-25-46(26-30-49)58-60-36-15-37-61-58/h3-36,38-40H,1,37H2,2H3,(H,60,61)/b41-38+. The zero-order valence-corrected chi connectivity index (χ0v) is 35.1. The van der Waals surface area contributed by atoms with Gasteiger partial charge in [-0.2, -0.15) is 0 Å². The Kier molecular flexibility index (Phi) is 10.7. The largest absolute Gasteiger partial charge is 0.366 e. The van der Waals surface area contributed by atoms with Crippen LogP contribution in [0, 0.1) is 0 Å². The van der Waals surface area contributed by atoms with Crippen LogP contribution in [0.4, 0.5) is 17.1 Å². The van der Waals surface area contributed by atoms with E-state index in [1.165, 1.54) is 16.7 Å². The van der Waals surface area contributed by atoms with E-state index in [1.54, 1.807) is 0 Å². The molecule has 0 saturated heterocycles. The van der Waals surface area contributed by atoms with Gasteiger partial charge >= 0.3 is 0 Å². The molecule has 0 amide bonds. The number of amidine groups is 1. The smallest absolute Gasteiger partial charge is 0.133 e. The maximum absolute atomic E-state index is 4.60. The van der Waals surface area contributed by atoms with Gasteiger partial charge in [0.15, 0.2) is 0 Å². The summed E-state index contributed by atoms with van der Waals surface area (Å²) in [6, 6.07) is 68.8. The summed E-state index contributed by atoms with van der Waals surface area (Å²) in [6.45, 7) is 7.41. The molecule has 1 aliphatic heterocycles. The van der Waals surface area contributed by atoms with E-state index in [-0.39, 0.29) is 0 Å². The highest BCUT2D eigenvalue weighted by atomic mass is 15.1. The molecule has 7 aromatic carbocycles. The Hall–Kier alpha value is -8.28. The lowest BCUT2D eigenvalue weighted by Gasteiger charge is -2.26. The second kappa shape index (κ2) is 17.4. The number of pyridine rings is 1. The van der Waals surface area contributed by atoms with Crippen molar-refractivity contribution in [3.8, 4) is 39.2 Å². The predicted octanol–water partition coefficient (Wildman–Crippen LogP) is 14.6. The second-order valence-electron chi connectivity index (χ2n) is 15.6. The van der Waals surface area contributed by atoms with Crippen molar-refractivity contribution in [1.82, 2.24) is 14.9 Å². The Morgan fingerprint density at radius 1 is 0.619 bits per heavy atom. The molecule has 0 saturated carbocycles. The molecule has 0 bridgehead atoms. The maximum atomic E-state index is 4.60. The van der Waals surface area contributed by atoms with Crippen LogP contribution in [0.2, 0.25) is 0 Å². The molecular weight excluding hydrogens is 767 g/mol. The molecule has 0 atom stereocenters. The fourth-order valence-electron chi connectivity index (χ4n) is 8.56. The summed E-state index contributed by atoms with van der Waals surface area (Å²) in [5.41, 5.74) is 17.5. The van der Waals surface area contributed by atoms with Crippen LogP contribution in [0.25, 0.3) is 67.8 Å². The summed E-state index contributed by atoms with van der Waals surface area (Å²) in [4.78, 5) is 11.5. The summed E-state index contributed by atoms with van der Waals surface area (Å²) in [5.74, 6) is 0.871. The molecule has 5 nitrogen and oxygen atoms in total. The van der Waals surface area contributed by atoms with Gasteiger partial charge < -0.3 is 14.8 Å². The molecule has 10 rings (SSSR count). The molecular formula is C58H45N5. The number of anilines is 3. The molecule has 1 N–H and O–H groups in total. The van der Waals surface area contributed by atoms with E-state index in [0.717, 1.165) is 90.8 Å².